The first kappa shape index (κ1) is 12.9. The number of primary amides is 1. The van der Waals surface area contributed by atoms with E-state index in [1.807, 2.05) is 12.1 Å². The smallest absolute Gasteiger partial charge is 0.240 e. The van der Waals surface area contributed by atoms with Gasteiger partial charge < -0.3 is 10.6 Å². The van der Waals surface area contributed by atoms with Crippen LogP contribution in [-0.2, 0) is 9.59 Å². The van der Waals surface area contributed by atoms with Crippen LogP contribution < -0.4 is 5.73 Å². The predicted molar refractivity (Wildman–Crippen MR) is 74.1 cm³/mol. The van der Waals surface area contributed by atoms with Crippen LogP contribution in [0.3, 0.4) is 0 Å². The maximum Gasteiger partial charge on any atom is 0.240 e. The molecule has 1 aromatic heterocycles. The molecule has 0 unspecified atom stereocenters. The first-order chi connectivity index (χ1) is 9.08. The Morgan fingerprint density at radius 1 is 1.42 bits per heavy atom. The van der Waals surface area contributed by atoms with Crippen LogP contribution in [0.15, 0.2) is 12.1 Å². The molecule has 2 heterocycles. The molecule has 2 amide bonds. The molecule has 1 aliphatic heterocycles. The topological polar surface area (TPSA) is 63.4 Å². The largest absolute Gasteiger partial charge is 0.368 e. The quantitative estimate of drug-likeness (QED) is 0.927. The molecule has 2 N–H and O–H groups in total. The zero-order chi connectivity index (χ0) is 13.6. The summed E-state index contributed by atoms with van der Waals surface area (Å²) in [6.45, 7) is 0.654. The molecule has 102 valence electrons. The van der Waals surface area contributed by atoms with Gasteiger partial charge in [0.1, 0.15) is 6.04 Å². The average molecular weight is 299 g/mol. The molecule has 19 heavy (non-hydrogen) atoms. The van der Waals surface area contributed by atoms with E-state index in [4.69, 9.17) is 17.3 Å². The molecular formula is C13H15ClN2O2S. The van der Waals surface area contributed by atoms with Gasteiger partial charge in [0, 0.05) is 23.3 Å². The summed E-state index contributed by atoms with van der Waals surface area (Å²) in [5.74, 6) is -0.0215. The van der Waals surface area contributed by atoms with E-state index in [2.05, 4.69) is 0 Å². The van der Waals surface area contributed by atoms with Crippen molar-refractivity contribution in [2.24, 2.45) is 11.7 Å². The molecule has 1 saturated heterocycles. The lowest BCUT2D eigenvalue weighted by molar-refractivity contribution is -0.138. The molecule has 3 atom stereocenters. The lowest BCUT2D eigenvalue weighted by Gasteiger charge is -2.22. The lowest BCUT2D eigenvalue weighted by atomic mass is 10.2. The second-order valence-corrected chi connectivity index (χ2v) is 6.93. The van der Waals surface area contributed by atoms with Crippen LogP contribution in [0, 0.1) is 5.92 Å². The van der Waals surface area contributed by atoms with Crippen molar-refractivity contribution in [3.63, 3.8) is 0 Å². The van der Waals surface area contributed by atoms with Gasteiger partial charge in [-0.1, -0.05) is 11.6 Å². The fraction of sp³-hybridized carbons (Fsp3) is 0.538. The van der Waals surface area contributed by atoms with Crippen molar-refractivity contribution in [3.8, 4) is 0 Å². The fourth-order valence-corrected chi connectivity index (χ4v) is 4.09. The van der Waals surface area contributed by atoms with Gasteiger partial charge in [-0.3, -0.25) is 9.59 Å². The molecule has 2 fully saturated rings. The molecule has 3 rings (SSSR count). The Bertz CT molecular complexity index is 530. The van der Waals surface area contributed by atoms with Gasteiger partial charge in [0.2, 0.25) is 11.8 Å². The van der Waals surface area contributed by atoms with Gasteiger partial charge in [0.25, 0.3) is 0 Å². The van der Waals surface area contributed by atoms with E-state index in [1.165, 1.54) is 11.3 Å². The molecule has 2 aliphatic rings. The molecule has 0 aromatic carbocycles. The van der Waals surface area contributed by atoms with Crippen molar-refractivity contribution < 1.29 is 9.59 Å². The summed E-state index contributed by atoms with van der Waals surface area (Å²) in [5, 5.41) is 0. The predicted octanol–water partition coefficient (Wildman–Crippen LogP) is 1.98. The van der Waals surface area contributed by atoms with E-state index in [0.717, 1.165) is 22.1 Å². The number of nitrogens with two attached hydrogens (primary N) is 1. The van der Waals surface area contributed by atoms with Gasteiger partial charge in [-0.15, -0.1) is 11.3 Å². The van der Waals surface area contributed by atoms with Crippen LogP contribution in [-0.4, -0.2) is 29.3 Å². The van der Waals surface area contributed by atoms with Crippen LogP contribution in [0.2, 0.25) is 4.34 Å². The molecule has 0 radical (unpaired) electrons. The molecule has 0 spiro atoms. The molecule has 6 heteroatoms. The van der Waals surface area contributed by atoms with E-state index in [0.29, 0.717) is 13.0 Å². The van der Waals surface area contributed by atoms with Gasteiger partial charge in [0.15, 0.2) is 0 Å². The average Bonchev–Trinajstić information content (AvgIpc) is 2.82. The number of carbonyl (C=O) groups excluding carboxylic acids is 2. The number of hydrogen-bond acceptors (Lipinski definition) is 3. The number of halogens is 1. The van der Waals surface area contributed by atoms with E-state index >= 15 is 0 Å². The lowest BCUT2D eigenvalue weighted by Crippen LogP contribution is -2.44. The fourth-order valence-electron chi connectivity index (χ4n) is 2.85. The van der Waals surface area contributed by atoms with Gasteiger partial charge in [-0.2, -0.15) is 0 Å². The number of amides is 2. The van der Waals surface area contributed by atoms with Crippen LogP contribution in [0.1, 0.15) is 30.1 Å². The third kappa shape index (κ3) is 2.37. The maximum absolute atomic E-state index is 12.4. The summed E-state index contributed by atoms with van der Waals surface area (Å²) >= 11 is 7.45. The van der Waals surface area contributed by atoms with Crippen LogP contribution in [0.5, 0.6) is 0 Å². The van der Waals surface area contributed by atoms with Crippen molar-refractivity contribution in [1.82, 2.24) is 4.90 Å². The zero-order valence-corrected chi connectivity index (χ0v) is 11.9. The van der Waals surface area contributed by atoms with Crippen molar-refractivity contribution in [2.75, 3.05) is 6.54 Å². The molecule has 1 aromatic rings. The Kier molecular flexibility index (Phi) is 3.27. The third-order valence-electron chi connectivity index (χ3n) is 3.93. The molecule has 1 saturated carbocycles. The highest BCUT2D eigenvalue weighted by Crippen LogP contribution is 2.51. The van der Waals surface area contributed by atoms with Crippen LogP contribution in [0.4, 0.5) is 0 Å². The van der Waals surface area contributed by atoms with E-state index in [1.54, 1.807) is 4.90 Å². The van der Waals surface area contributed by atoms with Gasteiger partial charge in [0.05, 0.1) is 4.34 Å². The first-order valence-electron chi connectivity index (χ1n) is 6.43. The summed E-state index contributed by atoms with van der Waals surface area (Å²) in [6, 6.07) is 3.45. The summed E-state index contributed by atoms with van der Waals surface area (Å²) < 4.78 is 0.754. The van der Waals surface area contributed by atoms with Gasteiger partial charge in [-0.05, 0) is 31.4 Å². The van der Waals surface area contributed by atoms with Gasteiger partial charge in [-0.25, -0.2) is 0 Å². The number of hydrogen-bond donors (Lipinski definition) is 1. The second kappa shape index (κ2) is 4.80. The maximum atomic E-state index is 12.4. The molecule has 4 nitrogen and oxygen atoms in total. The van der Waals surface area contributed by atoms with E-state index in [-0.39, 0.29) is 23.7 Å². The second-order valence-electron chi connectivity index (χ2n) is 5.18. The SMILES string of the molecule is NC(=O)[C@H]1CCCN1C(=O)[C@@H]1C[C@H]1c1ccc(Cl)s1. The summed E-state index contributed by atoms with van der Waals surface area (Å²) in [6.07, 6.45) is 2.42. The molecule has 0 bridgehead atoms. The van der Waals surface area contributed by atoms with E-state index < -0.39 is 6.04 Å². The van der Waals surface area contributed by atoms with E-state index in [9.17, 15) is 9.59 Å². The minimum absolute atomic E-state index is 0.00895. The minimum Gasteiger partial charge on any atom is -0.368 e. The highest BCUT2D eigenvalue weighted by Gasteiger charge is 2.48. The Morgan fingerprint density at radius 3 is 2.84 bits per heavy atom. The van der Waals surface area contributed by atoms with Crippen LogP contribution in [0.25, 0.3) is 0 Å². The molecule has 1 aliphatic carbocycles. The number of carbonyl (C=O) groups is 2. The zero-order valence-electron chi connectivity index (χ0n) is 10.3. The third-order valence-corrected chi connectivity index (χ3v) is 5.29. The van der Waals surface area contributed by atoms with Crippen molar-refractivity contribution in [2.45, 2.75) is 31.2 Å². The first-order valence-corrected chi connectivity index (χ1v) is 7.62. The Hall–Kier alpha value is -1.07. The monoisotopic (exact) mass is 298 g/mol. The number of nitrogens with zero attached hydrogens (tertiary/aromatic N) is 1. The highest BCUT2D eigenvalue weighted by atomic mass is 35.5. The number of rotatable bonds is 3. The minimum atomic E-state index is -0.402. The van der Waals surface area contributed by atoms with Crippen molar-refractivity contribution in [3.05, 3.63) is 21.3 Å². The summed E-state index contributed by atoms with van der Waals surface area (Å²) in [5.41, 5.74) is 5.35. The highest BCUT2D eigenvalue weighted by molar-refractivity contribution is 7.16. The molecular weight excluding hydrogens is 284 g/mol. The Balaban J connectivity index is 1.68. The van der Waals surface area contributed by atoms with Gasteiger partial charge >= 0.3 is 0 Å². The number of likely N-dealkylation sites (tertiary alicyclic amines) is 1. The van der Waals surface area contributed by atoms with Crippen molar-refractivity contribution >= 4 is 34.8 Å². The Labute approximate surface area is 120 Å². The standard InChI is InChI=1S/C13H15ClN2O2S/c14-11-4-3-10(19-11)7-6-8(7)13(18)16-5-1-2-9(16)12(15)17/h3-4,7-9H,1-2,5-6H2,(H2,15,17)/t7-,8-,9-/m1/s1. The Morgan fingerprint density at radius 2 is 2.21 bits per heavy atom. The summed E-state index contributed by atoms with van der Waals surface area (Å²) in [7, 11) is 0. The number of thiophene rings is 1. The van der Waals surface area contributed by atoms with Crippen molar-refractivity contribution in [1.29, 1.82) is 0 Å². The van der Waals surface area contributed by atoms with Crippen LogP contribution >= 0.6 is 22.9 Å². The summed E-state index contributed by atoms with van der Waals surface area (Å²) in [4.78, 5) is 26.6. The normalized spacial score (nSPS) is 29.5.